The molecule has 0 fully saturated rings. The van der Waals surface area contributed by atoms with E-state index >= 15 is 0 Å². The topological polar surface area (TPSA) is 9.23 Å². The van der Waals surface area contributed by atoms with Crippen molar-refractivity contribution in [3.63, 3.8) is 0 Å². The van der Waals surface area contributed by atoms with Crippen LogP contribution in [0.2, 0.25) is 0 Å². The maximum Gasteiger partial charge on any atom is 0.144 e. The van der Waals surface area contributed by atoms with E-state index in [9.17, 15) is 0 Å². The fraction of sp³-hybridized carbons (Fsp3) is 0.0769. The second-order valence-electron chi connectivity index (χ2n) is 4.06. The van der Waals surface area contributed by atoms with Crippen LogP contribution in [0.5, 0.6) is 11.5 Å². The lowest BCUT2D eigenvalue weighted by Gasteiger charge is -2.21. The summed E-state index contributed by atoms with van der Waals surface area (Å²) in [7, 11) is 2.08. The summed E-state index contributed by atoms with van der Waals surface area (Å²) in [6.07, 6.45) is 0. The summed E-state index contributed by atoms with van der Waals surface area (Å²) < 4.78 is 5.94. The van der Waals surface area contributed by atoms with Crippen LogP contribution in [0.25, 0.3) is 0 Å². The third-order valence-corrected chi connectivity index (χ3v) is 3.79. The maximum absolute atomic E-state index is 5.94. The number of rotatable bonds is 0. The molecule has 1 aliphatic heterocycles. The van der Waals surface area contributed by atoms with Gasteiger partial charge in [-0.2, -0.15) is 0 Å². The van der Waals surface area contributed by atoms with Crippen molar-refractivity contribution in [2.75, 3.05) is 0 Å². The number of hydrogen-bond donors (Lipinski definition) is 0. The number of ether oxygens (including phenoxy) is 1. The Balaban J connectivity index is 2.13. The lowest BCUT2D eigenvalue weighted by molar-refractivity contribution is 0.458. The van der Waals surface area contributed by atoms with E-state index in [1.807, 2.05) is 6.07 Å². The van der Waals surface area contributed by atoms with Gasteiger partial charge in [-0.05, 0) is 36.1 Å². The van der Waals surface area contributed by atoms with Gasteiger partial charge in [0.15, 0.2) is 0 Å². The van der Waals surface area contributed by atoms with E-state index in [-0.39, 0.29) is 0 Å². The molecule has 3 heteroatoms. The van der Waals surface area contributed by atoms with Crippen molar-refractivity contribution in [2.45, 2.75) is 16.7 Å². The largest absolute Gasteiger partial charge is 0.456 e. The fourth-order valence-electron chi connectivity index (χ4n) is 1.84. The molecule has 2 aromatic carbocycles. The predicted octanol–water partition coefficient (Wildman–Crippen LogP) is 2.51. The van der Waals surface area contributed by atoms with Crippen molar-refractivity contribution >= 4 is 25.1 Å². The molecule has 0 amide bonds. The van der Waals surface area contributed by atoms with E-state index in [2.05, 4.69) is 45.1 Å². The first-order valence-corrected chi connectivity index (χ1v) is 6.12. The van der Waals surface area contributed by atoms with Gasteiger partial charge < -0.3 is 4.74 Å². The van der Waals surface area contributed by atoms with Crippen LogP contribution in [-0.2, 0) is 0 Å². The molecule has 1 heterocycles. The van der Waals surface area contributed by atoms with Gasteiger partial charge in [0.1, 0.15) is 19.3 Å². The van der Waals surface area contributed by atoms with Crippen molar-refractivity contribution < 1.29 is 4.74 Å². The number of para-hydroxylation sites is 1. The molecule has 2 aromatic rings. The molecule has 0 unspecified atom stereocenters. The van der Waals surface area contributed by atoms with E-state index in [0.717, 1.165) is 11.5 Å². The highest BCUT2D eigenvalue weighted by Gasteiger charge is 2.18. The Morgan fingerprint density at radius 2 is 2.00 bits per heavy atom. The van der Waals surface area contributed by atoms with Crippen LogP contribution >= 0.6 is 11.8 Å². The number of fused-ring (bicyclic) bond motifs is 2. The van der Waals surface area contributed by atoms with Gasteiger partial charge in [-0.1, -0.05) is 30.0 Å². The van der Waals surface area contributed by atoms with E-state index < -0.39 is 0 Å². The molecule has 0 bridgehead atoms. The molecule has 1 nitrogen and oxygen atoms in total. The van der Waals surface area contributed by atoms with Crippen LogP contribution in [0.15, 0.2) is 46.2 Å². The minimum Gasteiger partial charge on any atom is -0.456 e. The van der Waals surface area contributed by atoms with Crippen LogP contribution in [-0.4, -0.2) is 7.85 Å². The summed E-state index contributed by atoms with van der Waals surface area (Å²) in [5.74, 6) is 1.97. The Morgan fingerprint density at radius 3 is 2.88 bits per heavy atom. The molecule has 0 aromatic heterocycles. The van der Waals surface area contributed by atoms with Gasteiger partial charge in [0, 0.05) is 0 Å². The van der Waals surface area contributed by atoms with Crippen LogP contribution in [0.3, 0.4) is 0 Å². The molecular formula is C13H11BOS. The summed E-state index contributed by atoms with van der Waals surface area (Å²) in [5, 5.41) is 0. The summed E-state index contributed by atoms with van der Waals surface area (Å²) >= 11 is 1.79. The lowest BCUT2D eigenvalue weighted by atomic mass is 9.95. The minimum atomic E-state index is 0.970. The average Bonchev–Trinajstić information content (AvgIpc) is 2.27. The molecule has 0 aliphatic carbocycles. The molecule has 0 atom stereocenters. The summed E-state index contributed by atoms with van der Waals surface area (Å²) in [6, 6.07) is 12.6. The van der Waals surface area contributed by atoms with Gasteiger partial charge in [-0.25, -0.2) is 0 Å². The van der Waals surface area contributed by atoms with E-state index in [0.29, 0.717) is 0 Å². The smallest absolute Gasteiger partial charge is 0.144 e. The highest BCUT2D eigenvalue weighted by Crippen LogP contribution is 2.45. The van der Waals surface area contributed by atoms with Crippen molar-refractivity contribution in [3.05, 3.63) is 42.0 Å². The number of benzene rings is 2. The van der Waals surface area contributed by atoms with Gasteiger partial charge >= 0.3 is 0 Å². The SMILES string of the molecule is Bc1cccc2c1Oc1ccc(C)cc1S2. The van der Waals surface area contributed by atoms with Gasteiger partial charge in [0.25, 0.3) is 0 Å². The molecule has 0 N–H and O–H groups in total. The molecule has 0 radical (unpaired) electrons. The number of aryl methyl sites for hydroxylation is 1. The van der Waals surface area contributed by atoms with Crippen LogP contribution in [0.1, 0.15) is 5.56 Å². The van der Waals surface area contributed by atoms with Gasteiger partial charge in [0.05, 0.1) is 9.79 Å². The van der Waals surface area contributed by atoms with Crippen molar-refractivity contribution in [1.82, 2.24) is 0 Å². The minimum absolute atomic E-state index is 0.970. The monoisotopic (exact) mass is 226 g/mol. The highest BCUT2D eigenvalue weighted by atomic mass is 32.2. The number of hydrogen-bond acceptors (Lipinski definition) is 2. The Kier molecular flexibility index (Phi) is 2.21. The summed E-state index contributed by atoms with van der Waals surface area (Å²) in [5.41, 5.74) is 2.46. The fourth-order valence-corrected chi connectivity index (χ4v) is 2.98. The van der Waals surface area contributed by atoms with Crippen LogP contribution in [0, 0.1) is 6.92 Å². The highest BCUT2D eigenvalue weighted by molar-refractivity contribution is 7.99. The second-order valence-corrected chi connectivity index (χ2v) is 5.14. The van der Waals surface area contributed by atoms with Crippen LogP contribution < -0.4 is 10.2 Å². The maximum atomic E-state index is 5.94. The molecular weight excluding hydrogens is 215 g/mol. The second kappa shape index (κ2) is 3.60. The zero-order chi connectivity index (χ0) is 11.1. The van der Waals surface area contributed by atoms with E-state index in [1.54, 1.807) is 11.8 Å². The Morgan fingerprint density at radius 1 is 1.12 bits per heavy atom. The summed E-state index contributed by atoms with van der Waals surface area (Å²) in [4.78, 5) is 2.41. The van der Waals surface area contributed by atoms with Gasteiger partial charge in [-0.3, -0.25) is 0 Å². The van der Waals surface area contributed by atoms with Crippen LogP contribution in [0.4, 0.5) is 0 Å². The first-order chi connectivity index (χ1) is 7.74. The predicted molar refractivity (Wildman–Crippen MR) is 70.0 cm³/mol. The first kappa shape index (κ1) is 9.85. The Bertz CT molecular complexity index is 566. The average molecular weight is 226 g/mol. The standard InChI is InChI=1S/C13H11BOS/c1-8-5-6-10-12(7-8)16-11-4-2-3-9(14)13(11)15-10/h2-7H,14H2,1H3. The van der Waals surface area contributed by atoms with Crippen molar-refractivity contribution in [2.24, 2.45) is 0 Å². The van der Waals surface area contributed by atoms with E-state index in [4.69, 9.17) is 4.74 Å². The van der Waals surface area contributed by atoms with Crippen molar-refractivity contribution in [1.29, 1.82) is 0 Å². The normalized spacial score (nSPS) is 12.6. The van der Waals surface area contributed by atoms with Gasteiger partial charge in [0.2, 0.25) is 0 Å². The van der Waals surface area contributed by atoms with Crippen molar-refractivity contribution in [3.8, 4) is 11.5 Å². The molecule has 0 saturated heterocycles. The molecule has 0 spiro atoms. The third-order valence-electron chi connectivity index (χ3n) is 2.71. The molecule has 16 heavy (non-hydrogen) atoms. The zero-order valence-electron chi connectivity index (χ0n) is 9.28. The van der Waals surface area contributed by atoms with Gasteiger partial charge in [-0.15, -0.1) is 0 Å². The lowest BCUT2D eigenvalue weighted by Crippen LogP contribution is -2.09. The first-order valence-electron chi connectivity index (χ1n) is 5.30. The zero-order valence-corrected chi connectivity index (χ0v) is 10.1. The quantitative estimate of drug-likeness (QED) is 0.544. The Hall–Kier alpha value is -1.35. The molecule has 1 aliphatic rings. The van der Waals surface area contributed by atoms with E-state index in [1.165, 1.54) is 20.8 Å². The summed E-state index contributed by atoms with van der Waals surface area (Å²) in [6.45, 7) is 2.10. The molecule has 3 rings (SSSR count). The molecule has 78 valence electrons. The third kappa shape index (κ3) is 1.52. The Labute approximate surface area is 100 Å². The molecule has 0 saturated carbocycles.